The van der Waals surface area contributed by atoms with Gasteiger partial charge in [-0.25, -0.2) is 0 Å². The lowest BCUT2D eigenvalue weighted by molar-refractivity contribution is -0.201. The molecule has 2 aromatic carbocycles. The summed E-state index contributed by atoms with van der Waals surface area (Å²) in [6.45, 7) is 7.87. The number of rotatable bonds is 6. The first-order chi connectivity index (χ1) is 20.6. The summed E-state index contributed by atoms with van der Waals surface area (Å²) in [6.07, 6.45) is 9.47. The number of fused-ring (bicyclic) bond motifs is 7. The molecule has 43 heavy (non-hydrogen) atoms. The molecule has 1 saturated heterocycles. The summed E-state index contributed by atoms with van der Waals surface area (Å²) < 4.78 is 13.4. The normalized spacial score (nSPS) is 39.4. The van der Waals surface area contributed by atoms with Crippen LogP contribution in [-0.4, -0.2) is 40.4 Å². The van der Waals surface area contributed by atoms with Gasteiger partial charge in [0.15, 0.2) is 17.7 Å². The number of benzene rings is 2. The zero-order valence-electron chi connectivity index (χ0n) is 25.2. The van der Waals surface area contributed by atoms with Crippen molar-refractivity contribution in [1.82, 2.24) is 0 Å². The Kier molecular flexibility index (Phi) is 6.86. The molecule has 2 aromatic rings. The molecule has 226 valence electrons. The first-order valence-corrected chi connectivity index (χ1v) is 15.8. The Morgan fingerprint density at radius 1 is 1.12 bits per heavy atom. The second-order valence-electron chi connectivity index (χ2n) is 14.0. The number of allylic oxidation sites excluding steroid dienone is 5. The maximum Gasteiger partial charge on any atom is 0.193 e. The molecule has 1 heterocycles. The van der Waals surface area contributed by atoms with Gasteiger partial charge in [-0.3, -0.25) is 4.79 Å². The van der Waals surface area contributed by atoms with Gasteiger partial charge in [-0.15, -0.1) is 0 Å². The molecule has 0 amide bonds. The van der Waals surface area contributed by atoms with E-state index in [-0.39, 0.29) is 29.0 Å². The number of nitrogens with two attached hydrogens (primary N) is 1. The molecule has 3 saturated carbocycles. The molecule has 4 N–H and O–H groups in total. The monoisotopic (exact) mass is 581 g/mol. The van der Waals surface area contributed by atoms with Crippen molar-refractivity contribution in [2.24, 2.45) is 28.6 Å². The Bertz CT molecular complexity index is 1510. The van der Waals surface area contributed by atoms with E-state index in [2.05, 4.69) is 56.9 Å². The summed E-state index contributed by atoms with van der Waals surface area (Å²) in [4.78, 5) is 13.8. The summed E-state index contributed by atoms with van der Waals surface area (Å²) in [5, 5.41) is 22.1. The Morgan fingerprint density at radius 2 is 1.88 bits per heavy atom. The second-order valence-corrected chi connectivity index (χ2v) is 14.0. The van der Waals surface area contributed by atoms with E-state index in [4.69, 9.17) is 15.2 Å². The lowest BCUT2D eigenvalue weighted by Crippen LogP contribution is -2.63. The average Bonchev–Trinajstić information content (AvgIpc) is 3.49. The van der Waals surface area contributed by atoms with Crippen LogP contribution in [0.2, 0.25) is 0 Å². The van der Waals surface area contributed by atoms with E-state index in [0.29, 0.717) is 12.8 Å². The van der Waals surface area contributed by atoms with Gasteiger partial charge in [-0.05, 0) is 79.2 Å². The van der Waals surface area contributed by atoms with Gasteiger partial charge in [0.2, 0.25) is 0 Å². The Labute approximate surface area is 254 Å². The number of aliphatic hydroxyl groups is 2. The van der Waals surface area contributed by atoms with E-state index in [1.807, 2.05) is 30.3 Å². The number of hydrogen-bond donors (Lipinski definition) is 3. The van der Waals surface area contributed by atoms with Crippen molar-refractivity contribution in [3.63, 3.8) is 0 Å². The third kappa shape index (κ3) is 4.25. The molecule has 0 bridgehead atoms. The van der Waals surface area contributed by atoms with Crippen LogP contribution in [-0.2, 0) is 27.1 Å². The zero-order valence-corrected chi connectivity index (χ0v) is 25.2. The SMILES string of the molecule is C=C1C=C[C@@]2(C)C(=C1)CC[C@@H]1[C@@H]2[C@@H](O)C[C@@]2(C)[C@H]1C[C@H]1O[C@@H](c3ccc(CCc4cccc(N)c4)cc3)O[C@]12C(=O)CO. The Hall–Kier alpha value is -3.03. The number of aliphatic hydroxyl groups excluding tert-OH is 2. The minimum absolute atomic E-state index is 0.0469. The largest absolute Gasteiger partial charge is 0.399 e. The van der Waals surface area contributed by atoms with Crippen LogP contribution in [0.4, 0.5) is 5.69 Å². The van der Waals surface area contributed by atoms with Gasteiger partial charge in [0.05, 0.1) is 12.2 Å². The second kappa shape index (κ2) is 10.3. The number of carbonyl (C=O) groups is 1. The lowest BCUT2D eigenvalue weighted by atomic mass is 9.46. The number of carbonyl (C=O) groups excluding carboxylic acids is 1. The van der Waals surface area contributed by atoms with E-state index in [1.54, 1.807) is 0 Å². The molecule has 6 nitrogen and oxygen atoms in total. The maximum absolute atomic E-state index is 13.8. The lowest BCUT2D eigenvalue weighted by Gasteiger charge is -2.59. The molecule has 9 atom stereocenters. The Balaban J connectivity index is 1.14. The van der Waals surface area contributed by atoms with E-state index in [1.165, 1.54) is 16.7 Å². The molecule has 0 unspecified atom stereocenters. The minimum atomic E-state index is -1.30. The highest BCUT2D eigenvalue weighted by atomic mass is 16.7. The fraction of sp³-hybridized carbons (Fsp3) is 0.486. The summed E-state index contributed by atoms with van der Waals surface area (Å²) >= 11 is 0. The molecule has 0 radical (unpaired) electrons. The van der Waals surface area contributed by atoms with Crippen LogP contribution in [0.15, 0.2) is 84.5 Å². The van der Waals surface area contributed by atoms with Gasteiger partial charge < -0.3 is 25.4 Å². The molecule has 6 heteroatoms. The van der Waals surface area contributed by atoms with Gasteiger partial charge in [0.25, 0.3) is 0 Å². The predicted molar refractivity (Wildman–Crippen MR) is 166 cm³/mol. The van der Waals surface area contributed by atoms with Crippen molar-refractivity contribution in [3.8, 4) is 0 Å². The third-order valence-corrected chi connectivity index (χ3v) is 11.8. The molecule has 0 spiro atoms. The van der Waals surface area contributed by atoms with Crippen LogP contribution < -0.4 is 5.73 Å². The van der Waals surface area contributed by atoms with Crippen molar-refractivity contribution in [2.45, 2.75) is 76.5 Å². The van der Waals surface area contributed by atoms with Crippen LogP contribution in [0, 0.1) is 28.6 Å². The van der Waals surface area contributed by atoms with Crippen molar-refractivity contribution in [2.75, 3.05) is 12.3 Å². The molecule has 7 rings (SSSR count). The molecular formula is C37H43NO5. The van der Waals surface area contributed by atoms with Crippen LogP contribution in [0.5, 0.6) is 0 Å². The van der Waals surface area contributed by atoms with Crippen LogP contribution >= 0.6 is 0 Å². The van der Waals surface area contributed by atoms with E-state index < -0.39 is 36.1 Å². The average molecular weight is 582 g/mol. The summed E-state index contributed by atoms with van der Waals surface area (Å²) in [5.41, 5.74) is 10.1. The highest BCUT2D eigenvalue weighted by Gasteiger charge is 2.75. The van der Waals surface area contributed by atoms with Gasteiger partial charge in [-0.1, -0.05) is 80.6 Å². The van der Waals surface area contributed by atoms with Crippen molar-refractivity contribution < 1.29 is 24.5 Å². The fourth-order valence-corrected chi connectivity index (χ4v) is 9.79. The number of ether oxygens (including phenoxy) is 2. The number of Topliss-reactive ketones (excluding diaryl/α,β-unsaturated/α-hetero) is 1. The molecule has 4 fully saturated rings. The summed E-state index contributed by atoms with van der Waals surface area (Å²) in [7, 11) is 0. The maximum atomic E-state index is 13.8. The van der Waals surface area contributed by atoms with Crippen LogP contribution in [0.3, 0.4) is 0 Å². The molecule has 4 aliphatic carbocycles. The number of anilines is 1. The number of hydrogen-bond acceptors (Lipinski definition) is 6. The fourth-order valence-electron chi connectivity index (χ4n) is 9.79. The molecule has 1 aliphatic heterocycles. The van der Waals surface area contributed by atoms with Crippen molar-refractivity contribution in [1.29, 1.82) is 0 Å². The smallest absolute Gasteiger partial charge is 0.193 e. The third-order valence-electron chi connectivity index (χ3n) is 11.8. The van der Waals surface area contributed by atoms with E-state index in [0.717, 1.165) is 42.5 Å². The zero-order chi connectivity index (χ0) is 30.1. The van der Waals surface area contributed by atoms with Gasteiger partial charge in [0.1, 0.15) is 6.61 Å². The van der Waals surface area contributed by atoms with E-state index in [9.17, 15) is 15.0 Å². The molecule has 5 aliphatic rings. The number of aryl methyl sites for hydroxylation is 2. The minimum Gasteiger partial charge on any atom is -0.399 e. The highest BCUT2D eigenvalue weighted by molar-refractivity contribution is 5.91. The van der Waals surface area contributed by atoms with E-state index >= 15 is 0 Å². The van der Waals surface area contributed by atoms with Crippen LogP contribution in [0.1, 0.15) is 62.5 Å². The molecule has 0 aromatic heterocycles. The standard InChI is InChI=1S/C37H43NO5/c1-22-15-16-35(2)26(17-22)13-14-28-29-19-32-37(31(41)21-39,36(29,3)20-30(40)33(28)35)43-34(42-32)25-11-9-23(10-12-25)7-8-24-5-4-6-27(38)18-24/h4-6,9-12,15-18,28-30,32-34,39-40H,1,7-8,13-14,19-21,38H2,2-3H3/t28-,29-,30-,32+,33+,34+,35-,36-,37+/m0/s1. The van der Waals surface area contributed by atoms with Crippen molar-refractivity contribution in [3.05, 3.63) is 101 Å². The first kappa shape index (κ1) is 28.7. The topological polar surface area (TPSA) is 102 Å². The van der Waals surface area contributed by atoms with Crippen LogP contribution in [0.25, 0.3) is 0 Å². The molecular weight excluding hydrogens is 538 g/mol. The predicted octanol–water partition coefficient (Wildman–Crippen LogP) is 5.64. The number of nitrogen functional groups attached to an aromatic ring is 1. The van der Waals surface area contributed by atoms with Crippen molar-refractivity contribution >= 4 is 11.5 Å². The number of ketones is 1. The Morgan fingerprint density at radius 3 is 2.63 bits per heavy atom. The highest BCUT2D eigenvalue weighted by Crippen LogP contribution is 2.70. The van der Waals surface area contributed by atoms with Gasteiger partial charge >= 0.3 is 0 Å². The van der Waals surface area contributed by atoms with Gasteiger partial charge in [-0.2, -0.15) is 0 Å². The summed E-state index contributed by atoms with van der Waals surface area (Å²) in [6, 6.07) is 16.2. The van der Waals surface area contributed by atoms with Gasteiger partial charge in [0, 0.05) is 28.0 Å². The first-order valence-electron chi connectivity index (χ1n) is 15.8. The quantitative estimate of drug-likeness (QED) is 0.382. The summed E-state index contributed by atoms with van der Waals surface area (Å²) in [5.74, 6) is 0.0519.